The Balaban J connectivity index is 2.04. The molecule has 2 aromatic rings. The molecule has 0 aliphatic heterocycles. The van der Waals surface area contributed by atoms with Crippen LogP contribution in [0.3, 0.4) is 0 Å². The van der Waals surface area contributed by atoms with E-state index in [9.17, 15) is 0 Å². The highest BCUT2D eigenvalue weighted by Gasteiger charge is 2.01. The minimum Gasteiger partial charge on any atom is -0.497 e. The van der Waals surface area contributed by atoms with Crippen molar-refractivity contribution in [2.45, 2.75) is 13.5 Å². The summed E-state index contributed by atoms with van der Waals surface area (Å²) in [6, 6.07) is 13.5. The minimum atomic E-state index is 0.522. The zero-order valence-corrected chi connectivity index (χ0v) is 10.6. The fourth-order valence-electron chi connectivity index (χ4n) is 1.66. The number of hydrogen-bond donors (Lipinski definition) is 1. The highest BCUT2D eigenvalue weighted by atomic mass is 16.5. The van der Waals surface area contributed by atoms with E-state index in [0.717, 1.165) is 22.6 Å². The van der Waals surface area contributed by atoms with Crippen molar-refractivity contribution in [2.24, 2.45) is 0 Å². The molecule has 0 bridgehead atoms. The quantitative estimate of drug-likeness (QED) is 0.839. The lowest BCUT2D eigenvalue weighted by molar-refractivity contribution is 0.304. The van der Waals surface area contributed by atoms with Crippen LogP contribution >= 0.6 is 0 Å². The fraction of sp³-hybridized carbons (Fsp3) is 0.200. The molecule has 0 saturated carbocycles. The van der Waals surface area contributed by atoms with Gasteiger partial charge in [0.1, 0.15) is 18.1 Å². The maximum atomic E-state index is 5.76. The molecule has 2 aromatic carbocycles. The van der Waals surface area contributed by atoms with E-state index in [0.29, 0.717) is 12.3 Å². The molecule has 18 heavy (non-hydrogen) atoms. The summed E-state index contributed by atoms with van der Waals surface area (Å²) in [6.07, 6.45) is 0. The molecule has 3 heteroatoms. The van der Waals surface area contributed by atoms with E-state index in [2.05, 4.69) is 0 Å². The number of nitrogen functional groups attached to an aromatic ring is 1. The van der Waals surface area contributed by atoms with Crippen LogP contribution in [0.1, 0.15) is 11.1 Å². The van der Waals surface area contributed by atoms with Gasteiger partial charge in [-0.2, -0.15) is 0 Å². The van der Waals surface area contributed by atoms with Gasteiger partial charge in [0.05, 0.1) is 7.11 Å². The van der Waals surface area contributed by atoms with Crippen LogP contribution in [-0.4, -0.2) is 7.11 Å². The van der Waals surface area contributed by atoms with E-state index in [-0.39, 0.29) is 0 Å². The maximum Gasteiger partial charge on any atom is 0.124 e. The predicted molar refractivity (Wildman–Crippen MR) is 72.9 cm³/mol. The molecule has 0 atom stereocenters. The van der Waals surface area contributed by atoms with Gasteiger partial charge in [0.25, 0.3) is 0 Å². The summed E-state index contributed by atoms with van der Waals surface area (Å²) < 4.78 is 10.9. The monoisotopic (exact) mass is 243 g/mol. The molecule has 2 rings (SSSR count). The smallest absolute Gasteiger partial charge is 0.124 e. The number of benzene rings is 2. The van der Waals surface area contributed by atoms with Crippen LogP contribution in [0.2, 0.25) is 0 Å². The van der Waals surface area contributed by atoms with Crippen LogP contribution in [0, 0.1) is 6.92 Å². The Labute approximate surface area is 107 Å². The Hall–Kier alpha value is -2.16. The van der Waals surface area contributed by atoms with Crippen molar-refractivity contribution in [2.75, 3.05) is 12.8 Å². The topological polar surface area (TPSA) is 44.5 Å². The van der Waals surface area contributed by atoms with Crippen molar-refractivity contribution in [3.8, 4) is 11.5 Å². The molecule has 2 N–H and O–H groups in total. The first-order chi connectivity index (χ1) is 8.69. The van der Waals surface area contributed by atoms with Crippen molar-refractivity contribution in [3.63, 3.8) is 0 Å². The summed E-state index contributed by atoms with van der Waals surface area (Å²) in [5, 5.41) is 0. The highest BCUT2D eigenvalue weighted by Crippen LogP contribution is 2.22. The largest absolute Gasteiger partial charge is 0.497 e. The average Bonchev–Trinajstić information content (AvgIpc) is 2.40. The van der Waals surface area contributed by atoms with Gasteiger partial charge in [0, 0.05) is 11.8 Å². The second-order valence-electron chi connectivity index (χ2n) is 4.16. The molecular weight excluding hydrogens is 226 g/mol. The van der Waals surface area contributed by atoms with Gasteiger partial charge in [-0.3, -0.25) is 0 Å². The van der Waals surface area contributed by atoms with Gasteiger partial charge in [-0.15, -0.1) is 0 Å². The van der Waals surface area contributed by atoms with Crippen LogP contribution in [0.5, 0.6) is 11.5 Å². The molecule has 0 unspecified atom stereocenters. The van der Waals surface area contributed by atoms with E-state index in [4.69, 9.17) is 15.2 Å². The van der Waals surface area contributed by atoms with Crippen LogP contribution < -0.4 is 15.2 Å². The maximum absolute atomic E-state index is 5.76. The summed E-state index contributed by atoms with van der Waals surface area (Å²) in [7, 11) is 1.65. The Kier molecular flexibility index (Phi) is 3.72. The zero-order valence-electron chi connectivity index (χ0n) is 10.6. The summed E-state index contributed by atoms with van der Waals surface area (Å²) >= 11 is 0. The summed E-state index contributed by atoms with van der Waals surface area (Å²) in [5.41, 5.74) is 8.63. The van der Waals surface area contributed by atoms with Gasteiger partial charge in [-0.1, -0.05) is 18.2 Å². The third-order valence-electron chi connectivity index (χ3n) is 2.77. The predicted octanol–water partition coefficient (Wildman–Crippen LogP) is 3.16. The van der Waals surface area contributed by atoms with Gasteiger partial charge in [-0.25, -0.2) is 0 Å². The molecule has 0 saturated heterocycles. The lowest BCUT2D eigenvalue weighted by atomic mass is 10.2. The van der Waals surface area contributed by atoms with Gasteiger partial charge >= 0.3 is 0 Å². The second-order valence-corrected chi connectivity index (χ2v) is 4.16. The Morgan fingerprint density at radius 3 is 2.44 bits per heavy atom. The molecule has 0 heterocycles. The van der Waals surface area contributed by atoms with Gasteiger partial charge in [0.15, 0.2) is 0 Å². The van der Waals surface area contributed by atoms with Crippen molar-refractivity contribution >= 4 is 5.69 Å². The number of anilines is 1. The molecule has 0 radical (unpaired) electrons. The van der Waals surface area contributed by atoms with Gasteiger partial charge in [-0.05, 0) is 36.2 Å². The van der Waals surface area contributed by atoms with Crippen molar-refractivity contribution in [3.05, 3.63) is 53.6 Å². The Bertz CT molecular complexity index is 521. The standard InChI is InChI=1S/C15H17NO2/c1-11-3-6-13(16)9-15(11)18-10-12-4-7-14(17-2)8-5-12/h3-9H,10,16H2,1-2H3. The molecule has 0 amide bonds. The van der Waals surface area contributed by atoms with Gasteiger partial charge in [0.2, 0.25) is 0 Å². The molecule has 0 spiro atoms. The first-order valence-corrected chi connectivity index (χ1v) is 5.81. The van der Waals surface area contributed by atoms with Crippen molar-refractivity contribution in [1.82, 2.24) is 0 Å². The lowest BCUT2D eigenvalue weighted by Crippen LogP contribution is -1.98. The Morgan fingerprint density at radius 1 is 1.06 bits per heavy atom. The number of nitrogens with two attached hydrogens (primary N) is 1. The van der Waals surface area contributed by atoms with E-state index in [1.807, 2.05) is 49.4 Å². The molecule has 0 aromatic heterocycles. The SMILES string of the molecule is COc1ccc(COc2cc(N)ccc2C)cc1. The van der Waals surface area contributed by atoms with Crippen molar-refractivity contribution < 1.29 is 9.47 Å². The molecule has 94 valence electrons. The average molecular weight is 243 g/mol. The van der Waals surface area contributed by atoms with E-state index in [1.54, 1.807) is 7.11 Å². The molecule has 0 fully saturated rings. The Morgan fingerprint density at radius 2 is 1.78 bits per heavy atom. The second kappa shape index (κ2) is 5.45. The summed E-state index contributed by atoms with van der Waals surface area (Å²) in [6.45, 7) is 2.52. The molecule has 0 aliphatic carbocycles. The lowest BCUT2D eigenvalue weighted by Gasteiger charge is -2.10. The molecule has 3 nitrogen and oxygen atoms in total. The number of rotatable bonds is 4. The summed E-state index contributed by atoms with van der Waals surface area (Å²) in [4.78, 5) is 0. The third kappa shape index (κ3) is 2.94. The van der Waals surface area contributed by atoms with Crippen LogP contribution in [0.4, 0.5) is 5.69 Å². The van der Waals surface area contributed by atoms with Crippen molar-refractivity contribution in [1.29, 1.82) is 0 Å². The zero-order chi connectivity index (χ0) is 13.0. The third-order valence-corrected chi connectivity index (χ3v) is 2.77. The molecule has 0 aliphatic rings. The minimum absolute atomic E-state index is 0.522. The van der Waals surface area contributed by atoms with E-state index < -0.39 is 0 Å². The molecular formula is C15H17NO2. The van der Waals surface area contributed by atoms with Gasteiger partial charge < -0.3 is 15.2 Å². The number of ether oxygens (including phenoxy) is 2. The summed E-state index contributed by atoms with van der Waals surface area (Å²) in [5.74, 6) is 1.67. The normalized spacial score (nSPS) is 10.1. The first kappa shape index (κ1) is 12.3. The first-order valence-electron chi connectivity index (χ1n) is 5.81. The van der Waals surface area contributed by atoms with E-state index >= 15 is 0 Å². The van der Waals surface area contributed by atoms with Crippen LogP contribution in [-0.2, 0) is 6.61 Å². The van der Waals surface area contributed by atoms with E-state index in [1.165, 1.54) is 0 Å². The fourth-order valence-corrected chi connectivity index (χ4v) is 1.66. The highest BCUT2D eigenvalue weighted by molar-refractivity contribution is 5.48. The number of hydrogen-bond acceptors (Lipinski definition) is 3. The number of methoxy groups -OCH3 is 1. The van der Waals surface area contributed by atoms with Crippen LogP contribution in [0.25, 0.3) is 0 Å². The number of aryl methyl sites for hydroxylation is 1. The van der Waals surface area contributed by atoms with Crippen LogP contribution in [0.15, 0.2) is 42.5 Å².